The second-order valence-electron chi connectivity index (χ2n) is 4.09. The molecule has 0 aliphatic rings. The number of carbonyl (C=O) groups excluding carboxylic acids is 2. The van der Waals surface area contributed by atoms with Gasteiger partial charge in [0.2, 0.25) is 0 Å². The number of halogens is 2. The summed E-state index contributed by atoms with van der Waals surface area (Å²) in [7, 11) is 0. The van der Waals surface area contributed by atoms with E-state index in [0.29, 0.717) is 21.2 Å². The first kappa shape index (κ1) is 15.3. The molecule has 0 bridgehead atoms. The summed E-state index contributed by atoms with van der Waals surface area (Å²) >= 11 is 11.5. The highest BCUT2D eigenvalue weighted by molar-refractivity contribution is 6.31. The van der Waals surface area contributed by atoms with Crippen molar-refractivity contribution in [2.75, 3.05) is 0 Å². The highest BCUT2D eigenvalue weighted by Crippen LogP contribution is 2.12. The quantitative estimate of drug-likeness (QED) is 0.359. The Morgan fingerprint density at radius 2 is 1.62 bits per heavy atom. The van der Waals surface area contributed by atoms with Crippen LogP contribution in [0.4, 0.5) is 0 Å². The van der Waals surface area contributed by atoms with E-state index in [0.717, 1.165) is 6.26 Å². The van der Waals surface area contributed by atoms with Crippen LogP contribution in [0.1, 0.15) is 20.7 Å². The fraction of sp³-hybridized carbons (Fsp3) is 0. The Bertz CT molecular complexity index is 691. The lowest BCUT2D eigenvalue weighted by molar-refractivity contribution is 0.0662. The molecule has 0 aliphatic heterocycles. The smallest absolute Gasteiger partial charge is 0.342 e. The van der Waals surface area contributed by atoms with Crippen LogP contribution in [0.5, 0.6) is 0 Å². The minimum Gasteiger partial charge on any atom is -0.431 e. The molecule has 0 amide bonds. The number of hydrogen-bond acceptors (Lipinski definition) is 3. The lowest BCUT2D eigenvalue weighted by atomic mass is 10.1. The van der Waals surface area contributed by atoms with Gasteiger partial charge in [0, 0.05) is 21.7 Å². The third-order valence-electron chi connectivity index (χ3n) is 2.58. The van der Waals surface area contributed by atoms with E-state index in [1.54, 1.807) is 42.5 Å². The zero-order chi connectivity index (χ0) is 15.2. The van der Waals surface area contributed by atoms with Crippen LogP contribution in [-0.4, -0.2) is 11.8 Å². The fourth-order valence-electron chi connectivity index (χ4n) is 1.55. The zero-order valence-electron chi connectivity index (χ0n) is 10.8. The maximum atomic E-state index is 11.8. The number of ether oxygens (including phenoxy) is 1. The van der Waals surface area contributed by atoms with E-state index in [-0.39, 0.29) is 5.78 Å². The van der Waals surface area contributed by atoms with Gasteiger partial charge in [0.05, 0.1) is 11.8 Å². The summed E-state index contributed by atoms with van der Waals surface area (Å²) in [6, 6.07) is 12.8. The van der Waals surface area contributed by atoms with Gasteiger partial charge in [-0.1, -0.05) is 29.3 Å². The van der Waals surface area contributed by atoms with E-state index < -0.39 is 5.97 Å². The van der Waals surface area contributed by atoms with Crippen LogP contribution in [0.15, 0.2) is 60.9 Å². The third-order valence-corrected chi connectivity index (χ3v) is 3.07. The monoisotopic (exact) mass is 320 g/mol. The largest absolute Gasteiger partial charge is 0.431 e. The number of allylic oxidation sites excluding steroid dienone is 1. The van der Waals surface area contributed by atoms with Crippen molar-refractivity contribution in [1.29, 1.82) is 0 Å². The second-order valence-corrected chi connectivity index (χ2v) is 4.96. The molecule has 5 heteroatoms. The highest BCUT2D eigenvalue weighted by Gasteiger charge is 2.06. The molecule has 0 unspecified atom stereocenters. The Morgan fingerprint density at radius 3 is 2.29 bits per heavy atom. The molecular formula is C16H10Cl2O3. The molecule has 0 aromatic heterocycles. The summed E-state index contributed by atoms with van der Waals surface area (Å²) in [4.78, 5) is 23.5. The molecule has 0 spiro atoms. The van der Waals surface area contributed by atoms with Crippen molar-refractivity contribution in [3.05, 3.63) is 82.0 Å². The Morgan fingerprint density at radius 1 is 0.905 bits per heavy atom. The van der Waals surface area contributed by atoms with Gasteiger partial charge in [0.1, 0.15) is 0 Å². The van der Waals surface area contributed by atoms with Gasteiger partial charge >= 0.3 is 5.97 Å². The van der Waals surface area contributed by atoms with E-state index in [4.69, 9.17) is 27.9 Å². The molecule has 106 valence electrons. The van der Waals surface area contributed by atoms with Crippen molar-refractivity contribution in [2.45, 2.75) is 0 Å². The molecule has 0 fully saturated rings. The molecule has 2 rings (SSSR count). The Labute approximate surface area is 131 Å². The lowest BCUT2D eigenvalue weighted by Gasteiger charge is -2.00. The predicted molar refractivity (Wildman–Crippen MR) is 81.8 cm³/mol. The van der Waals surface area contributed by atoms with Crippen molar-refractivity contribution in [3.8, 4) is 0 Å². The maximum Gasteiger partial charge on any atom is 0.342 e. The van der Waals surface area contributed by atoms with Crippen LogP contribution in [0.25, 0.3) is 0 Å². The molecular weight excluding hydrogens is 311 g/mol. The van der Waals surface area contributed by atoms with E-state index in [2.05, 4.69) is 0 Å². The molecule has 21 heavy (non-hydrogen) atoms. The first-order chi connectivity index (χ1) is 10.1. The summed E-state index contributed by atoms with van der Waals surface area (Å²) in [6.07, 6.45) is 2.23. The second kappa shape index (κ2) is 7.07. The number of esters is 1. The highest BCUT2D eigenvalue weighted by atomic mass is 35.5. The third kappa shape index (κ3) is 4.45. The molecule has 2 aromatic carbocycles. The first-order valence-electron chi connectivity index (χ1n) is 5.99. The van der Waals surface area contributed by atoms with E-state index >= 15 is 0 Å². The van der Waals surface area contributed by atoms with Crippen molar-refractivity contribution in [1.82, 2.24) is 0 Å². The van der Waals surface area contributed by atoms with Crippen LogP contribution in [0.3, 0.4) is 0 Å². The van der Waals surface area contributed by atoms with Gasteiger partial charge in [-0.15, -0.1) is 0 Å². The van der Waals surface area contributed by atoms with Crippen LogP contribution in [0.2, 0.25) is 10.0 Å². The molecule has 0 saturated heterocycles. The summed E-state index contributed by atoms with van der Waals surface area (Å²) < 4.78 is 4.87. The Kier molecular flexibility index (Phi) is 5.14. The number of benzene rings is 2. The standard InChI is InChI=1S/C16H10Cl2O3/c17-13-6-4-11(5-7-13)15(19)8-9-21-16(20)12-2-1-3-14(18)10-12/h1-10H. The normalized spacial score (nSPS) is 10.6. The minimum absolute atomic E-state index is 0.287. The molecule has 3 nitrogen and oxygen atoms in total. The van der Waals surface area contributed by atoms with Gasteiger partial charge in [-0.3, -0.25) is 4.79 Å². The predicted octanol–water partition coefficient (Wildman–Crippen LogP) is 4.55. The van der Waals surface area contributed by atoms with Gasteiger partial charge in [-0.05, 0) is 42.5 Å². The van der Waals surface area contributed by atoms with Crippen molar-refractivity contribution in [3.63, 3.8) is 0 Å². The number of carbonyl (C=O) groups is 2. The number of rotatable bonds is 4. The SMILES string of the molecule is O=C(C=COC(=O)c1cccc(Cl)c1)c1ccc(Cl)cc1. The lowest BCUT2D eigenvalue weighted by Crippen LogP contribution is -2.01. The Balaban J connectivity index is 1.97. The van der Waals surface area contributed by atoms with Gasteiger partial charge in [0.25, 0.3) is 0 Å². The van der Waals surface area contributed by atoms with Crippen LogP contribution in [0, 0.1) is 0 Å². The van der Waals surface area contributed by atoms with E-state index in [1.165, 1.54) is 12.1 Å². The van der Waals surface area contributed by atoms with E-state index in [1.807, 2.05) is 0 Å². The van der Waals surface area contributed by atoms with Crippen LogP contribution < -0.4 is 0 Å². The summed E-state index contributed by atoms with van der Waals surface area (Å²) in [5.41, 5.74) is 0.764. The van der Waals surface area contributed by atoms with Crippen molar-refractivity contribution in [2.24, 2.45) is 0 Å². The number of ketones is 1. The van der Waals surface area contributed by atoms with Crippen molar-refractivity contribution >= 4 is 35.0 Å². The van der Waals surface area contributed by atoms with Gasteiger partial charge < -0.3 is 4.74 Å². The van der Waals surface area contributed by atoms with Crippen LogP contribution >= 0.6 is 23.2 Å². The van der Waals surface area contributed by atoms with Gasteiger partial charge in [0.15, 0.2) is 5.78 Å². The minimum atomic E-state index is -0.586. The molecule has 2 aromatic rings. The van der Waals surface area contributed by atoms with Gasteiger partial charge in [-0.25, -0.2) is 4.79 Å². The maximum absolute atomic E-state index is 11.8. The average Bonchev–Trinajstić information content (AvgIpc) is 2.47. The van der Waals surface area contributed by atoms with Crippen molar-refractivity contribution < 1.29 is 14.3 Å². The molecule has 0 aliphatic carbocycles. The molecule has 0 atom stereocenters. The molecule has 0 heterocycles. The summed E-state index contributed by atoms with van der Waals surface area (Å²) in [5.74, 6) is -0.872. The fourth-order valence-corrected chi connectivity index (χ4v) is 1.87. The van der Waals surface area contributed by atoms with Gasteiger partial charge in [-0.2, -0.15) is 0 Å². The van der Waals surface area contributed by atoms with E-state index in [9.17, 15) is 9.59 Å². The first-order valence-corrected chi connectivity index (χ1v) is 6.75. The molecule has 0 saturated carbocycles. The molecule has 0 radical (unpaired) electrons. The zero-order valence-corrected chi connectivity index (χ0v) is 12.3. The number of hydrogen-bond donors (Lipinski definition) is 0. The van der Waals surface area contributed by atoms with Crippen LogP contribution in [-0.2, 0) is 4.74 Å². The topological polar surface area (TPSA) is 43.4 Å². The Hall–Kier alpha value is -2.10. The molecule has 0 N–H and O–H groups in total. The summed E-state index contributed by atoms with van der Waals surface area (Å²) in [5, 5.41) is 0.980. The average molecular weight is 321 g/mol. The summed E-state index contributed by atoms with van der Waals surface area (Å²) in [6.45, 7) is 0.